The van der Waals surface area contributed by atoms with Crippen LogP contribution in [0.1, 0.15) is 11.3 Å². The summed E-state index contributed by atoms with van der Waals surface area (Å²) in [4.78, 5) is 27.4. The number of hydrogen-bond acceptors (Lipinski definition) is 8. The number of carbonyl (C=O) groups is 1. The van der Waals surface area contributed by atoms with E-state index in [9.17, 15) is 4.79 Å². The molecule has 4 heterocycles. The minimum atomic E-state index is -0.568. The maximum Gasteiger partial charge on any atom is 0.247 e. The number of fused-ring (bicyclic) bond motifs is 1. The molecule has 218 valence electrons. The summed E-state index contributed by atoms with van der Waals surface area (Å²) in [6.45, 7) is 8.69. The fraction of sp³-hybridized carbons (Fsp3) is 0.188. The summed E-state index contributed by atoms with van der Waals surface area (Å²) in [7, 11) is 0. The van der Waals surface area contributed by atoms with Crippen LogP contribution in [0.4, 0.5) is 15.9 Å². The van der Waals surface area contributed by atoms with Gasteiger partial charge in [0.1, 0.15) is 11.8 Å². The number of hydrogen-bond donors (Lipinski definition) is 2. The van der Waals surface area contributed by atoms with Crippen molar-refractivity contribution in [3.63, 3.8) is 0 Å². The maximum absolute atomic E-state index is 15.6. The Labute approximate surface area is 247 Å². The SMILES string of the molecule is C=CC(=O)Nc1ccc(-c2c(CN3CCOCC3)c3ncnc(N)c3n2-c2ccc(Oc3cccc(C)n3)c(F)c2)cc1. The Bertz CT molecular complexity index is 1810. The van der Waals surface area contributed by atoms with E-state index in [1.165, 1.54) is 18.5 Å². The predicted molar refractivity (Wildman–Crippen MR) is 163 cm³/mol. The normalized spacial score (nSPS) is 13.6. The molecule has 0 bridgehead atoms. The Hall–Kier alpha value is -5.13. The van der Waals surface area contributed by atoms with Crippen LogP contribution in [-0.4, -0.2) is 56.6 Å². The van der Waals surface area contributed by atoms with Crippen LogP contribution in [0.3, 0.4) is 0 Å². The molecule has 0 radical (unpaired) electrons. The first-order chi connectivity index (χ1) is 20.9. The predicted octanol–water partition coefficient (Wildman–Crippen LogP) is 5.26. The molecule has 1 amide bonds. The van der Waals surface area contributed by atoms with Crippen molar-refractivity contribution in [1.82, 2.24) is 24.4 Å². The lowest BCUT2D eigenvalue weighted by Gasteiger charge is -2.27. The van der Waals surface area contributed by atoms with Crippen molar-refractivity contribution in [3.05, 3.63) is 96.7 Å². The minimum absolute atomic E-state index is 0.0416. The second-order valence-electron chi connectivity index (χ2n) is 10.1. The van der Waals surface area contributed by atoms with Crippen LogP contribution in [0.15, 0.2) is 79.6 Å². The number of carbonyl (C=O) groups excluding carboxylic acids is 1. The van der Waals surface area contributed by atoms with Gasteiger partial charge in [-0.3, -0.25) is 9.69 Å². The number of halogens is 1. The van der Waals surface area contributed by atoms with Gasteiger partial charge in [0.2, 0.25) is 11.8 Å². The van der Waals surface area contributed by atoms with Crippen LogP contribution in [0.2, 0.25) is 0 Å². The van der Waals surface area contributed by atoms with Crippen molar-refractivity contribution >= 4 is 28.4 Å². The zero-order valence-electron chi connectivity index (χ0n) is 23.6. The molecule has 1 fully saturated rings. The third-order valence-corrected chi connectivity index (χ3v) is 7.22. The molecule has 3 N–H and O–H groups in total. The number of ether oxygens (including phenoxy) is 2. The zero-order chi connectivity index (χ0) is 29.9. The van der Waals surface area contributed by atoms with Crippen LogP contribution in [-0.2, 0) is 16.1 Å². The lowest BCUT2D eigenvalue weighted by atomic mass is 10.1. The Balaban J connectivity index is 1.51. The van der Waals surface area contributed by atoms with E-state index in [4.69, 9.17) is 15.2 Å². The number of nitrogens with zero attached hydrogens (tertiary/aromatic N) is 5. The van der Waals surface area contributed by atoms with Crippen LogP contribution >= 0.6 is 0 Å². The van der Waals surface area contributed by atoms with Gasteiger partial charge in [-0.25, -0.2) is 19.3 Å². The van der Waals surface area contributed by atoms with E-state index in [1.54, 1.807) is 36.4 Å². The molecule has 0 spiro atoms. The third-order valence-electron chi connectivity index (χ3n) is 7.22. The number of rotatable bonds is 8. The van der Waals surface area contributed by atoms with Crippen molar-refractivity contribution in [2.75, 3.05) is 37.4 Å². The Morgan fingerprint density at radius 3 is 2.65 bits per heavy atom. The van der Waals surface area contributed by atoms with Crippen LogP contribution in [0, 0.1) is 12.7 Å². The number of pyridine rings is 1. The Kier molecular flexibility index (Phi) is 7.82. The van der Waals surface area contributed by atoms with Crippen molar-refractivity contribution in [1.29, 1.82) is 0 Å². The summed E-state index contributed by atoms with van der Waals surface area (Å²) in [5.41, 5.74) is 12.1. The average molecular weight is 580 g/mol. The van der Waals surface area contributed by atoms with Gasteiger partial charge < -0.3 is 25.1 Å². The lowest BCUT2D eigenvalue weighted by Crippen LogP contribution is -2.35. The molecular formula is C32H30FN7O3. The van der Waals surface area contributed by atoms with Crippen LogP contribution < -0.4 is 15.8 Å². The smallest absolute Gasteiger partial charge is 0.247 e. The number of benzene rings is 2. The average Bonchev–Trinajstić information content (AvgIpc) is 3.34. The van der Waals surface area contributed by atoms with Crippen molar-refractivity contribution < 1.29 is 18.7 Å². The highest BCUT2D eigenvalue weighted by molar-refractivity contribution is 5.99. The molecule has 1 aliphatic heterocycles. The molecule has 3 aromatic heterocycles. The number of aryl methyl sites for hydroxylation is 1. The largest absolute Gasteiger partial charge is 0.436 e. The molecule has 0 atom stereocenters. The van der Waals surface area contributed by atoms with E-state index < -0.39 is 5.82 Å². The monoisotopic (exact) mass is 579 g/mol. The number of nitrogens with two attached hydrogens (primary N) is 1. The molecule has 0 unspecified atom stereocenters. The van der Waals surface area contributed by atoms with Gasteiger partial charge in [-0.1, -0.05) is 24.8 Å². The first-order valence-corrected chi connectivity index (χ1v) is 13.8. The van der Waals surface area contributed by atoms with Gasteiger partial charge in [0.15, 0.2) is 17.4 Å². The maximum atomic E-state index is 15.6. The molecule has 1 aliphatic rings. The van der Waals surface area contributed by atoms with Crippen LogP contribution in [0.25, 0.3) is 28.0 Å². The van der Waals surface area contributed by atoms with Gasteiger partial charge >= 0.3 is 0 Å². The van der Waals surface area contributed by atoms with Gasteiger partial charge in [-0.05, 0) is 48.9 Å². The second-order valence-corrected chi connectivity index (χ2v) is 10.1. The summed E-state index contributed by atoms with van der Waals surface area (Å²) in [5.74, 6) is -0.274. The summed E-state index contributed by atoms with van der Waals surface area (Å²) < 4.78 is 28.9. The van der Waals surface area contributed by atoms with Gasteiger partial charge in [0.05, 0.1) is 24.4 Å². The van der Waals surface area contributed by atoms with Crippen LogP contribution in [0.5, 0.6) is 11.6 Å². The summed E-state index contributed by atoms with van der Waals surface area (Å²) in [5, 5.41) is 2.77. The van der Waals surface area contributed by atoms with Gasteiger partial charge in [-0.15, -0.1) is 0 Å². The molecule has 10 nitrogen and oxygen atoms in total. The molecule has 1 saturated heterocycles. The van der Waals surface area contributed by atoms with Crippen molar-refractivity contribution in [2.24, 2.45) is 0 Å². The minimum Gasteiger partial charge on any atom is -0.436 e. The molecular weight excluding hydrogens is 549 g/mol. The fourth-order valence-corrected chi connectivity index (χ4v) is 5.19. The van der Waals surface area contributed by atoms with Crippen molar-refractivity contribution in [2.45, 2.75) is 13.5 Å². The standard InChI is InChI=1S/C32H30FN7O3/c1-3-27(41)38-22-9-7-21(8-10-22)30-24(18-39-13-15-42-16-14-39)29-31(32(34)36-19-35-29)40(30)23-11-12-26(25(33)17-23)43-28-6-4-5-20(2)37-28/h3-12,17,19H,1,13-16,18H2,2H3,(H,38,41)(H2,34,35,36). The lowest BCUT2D eigenvalue weighted by molar-refractivity contribution is -0.111. The summed E-state index contributed by atoms with van der Waals surface area (Å²) in [6.07, 6.45) is 2.65. The molecule has 0 aliphatic carbocycles. The fourth-order valence-electron chi connectivity index (χ4n) is 5.19. The summed E-state index contributed by atoms with van der Waals surface area (Å²) >= 11 is 0. The molecule has 2 aromatic carbocycles. The highest BCUT2D eigenvalue weighted by Gasteiger charge is 2.26. The van der Waals surface area contributed by atoms with E-state index >= 15 is 4.39 Å². The molecule has 5 aromatic rings. The number of nitrogen functional groups attached to an aromatic ring is 1. The second kappa shape index (κ2) is 12.0. The zero-order valence-corrected chi connectivity index (χ0v) is 23.6. The number of amides is 1. The van der Waals surface area contributed by atoms with E-state index in [0.717, 1.165) is 35.6 Å². The van der Waals surface area contributed by atoms with Crippen molar-refractivity contribution in [3.8, 4) is 28.6 Å². The molecule has 11 heteroatoms. The van der Waals surface area contributed by atoms with E-state index in [2.05, 4.69) is 31.7 Å². The highest BCUT2D eigenvalue weighted by atomic mass is 19.1. The highest BCUT2D eigenvalue weighted by Crippen LogP contribution is 2.39. The number of morpholine rings is 1. The summed E-state index contributed by atoms with van der Waals surface area (Å²) in [6, 6.07) is 17.5. The quantitative estimate of drug-likeness (QED) is 0.239. The molecule has 6 rings (SSSR count). The van der Waals surface area contributed by atoms with Gasteiger partial charge in [-0.2, -0.15) is 0 Å². The topological polar surface area (TPSA) is 120 Å². The molecule has 0 saturated carbocycles. The van der Waals surface area contributed by atoms with E-state index in [1.807, 2.05) is 29.7 Å². The number of aromatic nitrogens is 4. The number of nitrogens with one attached hydrogen (secondary N) is 1. The van der Waals surface area contributed by atoms with E-state index in [0.29, 0.717) is 48.0 Å². The first-order valence-electron chi connectivity index (χ1n) is 13.8. The molecule has 43 heavy (non-hydrogen) atoms. The Morgan fingerprint density at radius 2 is 1.93 bits per heavy atom. The third kappa shape index (κ3) is 5.81. The Morgan fingerprint density at radius 1 is 1.14 bits per heavy atom. The van der Waals surface area contributed by atoms with Gasteiger partial charge in [0, 0.05) is 54.4 Å². The van der Waals surface area contributed by atoms with Gasteiger partial charge in [0.25, 0.3) is 0 Å². The first kappa shape index (κ1) is 28.0. The van der Waals surface area contributed by atoms with E-state index in [-0.39, 0.29) is 17.5 Å². The number of anilines is 2.